The van der Waals surface area contributed by atoms with E-state index in [1.807, 2.05) is 19.1 Å². The lowest BCUT2D eigenvalue weighted by Crippen LogP contribution is -2.30. The Balaban J connectivity index is 2.06. The Labute approximate surface area is 121 Å². The molecular weight excluding hydrogens is 276 g/mol. The number of benzene rings is 2. The molecule has 0 aliphatic heterocycles. The predicted octanol–water partition coefficient (Wildman–Crippen LogP) is 2.74. The molecule has 0 saturated heterocycles. The Bertz CT molecular complexity index is 638. The van der Waals surface area contributed by atoms with E-state index in [1.54, 1.807) is 12.1 Å². The minimum Gasteiger partial charge on any atom is -0.387 e. The van der Waals surface area contributed by atoms with Gasteiger partial charge < -0.3 is 10.4 Å². The second-order valence-corrected chi connectivity index (χ2v) is 4.68. The fraction of sp³-hybridized carbons (Fsp3) is 0.188. The van der Waals surface area contributed by atoms with E-state index in [0.29, 0.717) is 5.56 Å². The highest BCUT2D eigenvalue weighted by molar-refractivity contribution is 5.94. The smallest absolute Gasteiger partial charge is 0.257 e. The number of aliphatic hydroxyl groups excluding tert-OH is 1. The largest absolute Gasteiger partial charge is 0.387 e. The monoisotopic (exact) mass is 291 g/mol. The molecule has 0 aliphatic carbocycles. The molecular formula is C16H15F2NO2. The number of halogens is 2. The number of hydrogen-bond donors (Lipinski definition) is 2. The summed E-state index contributed by atoms with van der Waals surface area (Å²) in [4.78, 5) is 11.8. The van der Waals surface area contributed by atoms with Gasteiger partial charge in [0.05, 0.1) is 6.10 Å². The van der Waals surface area contributed by atoms with Crippen LogP contribution in [0.3, 0.4) is 0 Å². The molecule has 0 aromatic heterocycles. The van der Waals surface area contributed by atoms with Gasteiger partial charge in [-0.1, -0.05) is 30.3 Å². The van der Waals surface area contributed by atoms with Crippen LogP contribution in [0, 0.1) is 18.6 Å². The number of rotatable bonds is 4. The molecule has 110 valence electrons. The van der Waals surface area contributed by atoms with Crippen LogP contribution < -0.4 is 5.32 Å². The van der Waals surface area contributed by atoms with E-state index >= 15 is 0 Å². The number of hydrogen-bond acceptors (Lipinski definition) is 2. The molecule has 0 saturated carbocycles. The van der Waals surface area contributed by atoms with Gasteiger partial charge in [-0.3, -0.25) is 4.79 Å². The van der Waals surface area contributed by atoms with E-state index in [4.69, 9.17) is 0 Å². The molecule has 0 aliphatic rings. The summed E-state index contributed by atoms with van der Waals surface area (Å²) < 4.78 is 26.9. The zero-order valence-corrected chi connectivity index (χ0v) is 11.4. The van der Waals surface area contributed by atoms with Gasteiger partial charge in [0.25, 0.3) is 5.91 Å². The van der Waals surface area contributed by atoms with Gasteiger partial charge in [-0.05, 0) is 30.2 Å². The third-order valence-corrected chi connectivity index (χ3v) is 3.19. The second-order valence-electron chi connectivity index (χ2n) is 4.68. The highest BCUT2D eigenvalue weighted by atomic mass is 19.1. The SMILES string of the molecule is Cc1ccccc1C(O)CNC(=O)c1c(F)cccc1F. The van der Waals surface area contributed by atoms with Crippen molar-refractivity contribution >= 4 is 5.91 Å². The van der Waals surface area contributed by atoms with Gasteiger partial charge in [-0.15, -0.1) is 0 Å². The topological polar surface area (TPSA) is 49.3 Å². The van der Waals surface area contributed by atoms with E-state index in [2.05, 4.69) is 5.32 Å². The Morgan fingerprint density at radius 3 is 2.38 bits per heavy atom. The summed E-state index contributed by atoms with van der Waals surface area (Å²) >= 11 is 0. The number of aryl methyl sites for hydroxylation is 1. The third kappa shape index (κ3) is 3.44. The van der Waals surface area contributed by atoms with E-state index in [1.165, 1.54) is 6.07 Å². The molecule has 0 radical (unpaired) electrons. The Kier molecular flexibility index (Phi) is 4.65. The number of carbonyl (C=O) groups excluding carboxylic acids is 1. The summed E-state index contributed by atoms with van der Waals surface area (Å²) in [5, 5.41) is 12.4. The number of amides is 1. The van der Waals surface area contributed by atoms with Gasteiger partial charge in [0.15, 0.2) is 0 Å². The lowest BCUT2D eigenvalue weighted by atomic mass is 10.0. The van der Waals surface area contributed by atoms with Crippen molar-refractivity contribution < 1.29 is 18.7 Å². The first-order chi connectivity index (χ1) is 10.0. The first kappa shape index (κ1) is 15.1. The lowest BCUT2D eigenvalue weighted by Gasteiger charge is -2.14. The molecule has 1 amide bonds. The van der Waals surface area contributed by atoms with E-state index in [-0.39, 0.29) is 6.54 Å². The summed E-state index contributed by atoms with van der Waals surface area (Å²) in [5.41, 5.74) is 0.887. The number of aliphatic hydroxyl groups is 1. The van der Waals surface area contributed by atoms with Crippen LogP contribution in [-0.2, 0) is 0 Å². The van der Waals surface area contributed by atoms with Crippen molar-refractivity contribution in [3.05, 3.63) is 70.8 Å². The van der Waals surface area contributed by atoms with Gasteiger partial charge in [-0.25, -0.2) is 8.78 Å². The lowest BCUT2D eigenvalue weighted by molar-refractivity contribution is 0.0907. The van der Waals surface area contributed by atoms with Crippen molar-refractivity contribution in [2.45, 2.75) is 13.0 Å². The van der Waals surface area contributed by atoms with Crippen molar-refractivity contribution in [3.8, 4) is 0 Å². The normalized spacial score (nSPS) is 12.0. The van der Waals surface area contributed by atoms with Crippen molar-refractivity contribution in [2.24, 2.45) is 0 Å². The van der Waals surface area contributed by atoms with Gasteiger partial charge in [0.1, 0.15) is 17.2 Å². The zero-order chi connectivity index (χ0) is 15.4. The van der Waals surface area contributed by atoms with Crippen LogP contribution in [0.5, 0.6) is 0 Å². The minimum atomic E-state index is -0.940. The number of nitrogens with one attached hydrogen (secondary N) is 1. The molecule has 0 spiro atoms. The van der Waals surface area contributed by atoms with Crippen LogP contribution in [0.25, 0.3) is 0 Å². The fourth-order valence-corrected chi connectivity index (χ4v) is 2.06. The quantitative estimate of drug-likeness (QED) is 0.910. The Morgan fingerprint density at radius 2 is 1.76 bits per heavy atom. The van der Waals surface area contributed by atoms with Crippen molar-refractivity contribution in [3.63, 3.8) is 0 Å². The van der Waals surface area contributed by atoms with Gasteiger partial charge in [0, 0.05) is 6.54 Å². The summed E-state index contributed by atoms with van der Waals surface area (Å²) in [5.74, 6) is -2.76. The molecule has 2 aromatic rings. The maximum atomic E-state index is 13.4. The maximum absolute atomic E-state index is 13.4. The molecule has 21 heavy (non-hydrogen) atoms. The van der Waals surface area contributed by atoms with Crippen LogP contribution in [-0.4, -0.2) is 17.6 Å². The zero-order valence-electron chi connectivity index (χ0n) is 11.4. The second kappa shape index (κ2) is 6.45. The molecule has 0 heterocycles. The summed E-state index contributed by atoms with van der Waals surface area (Å²) in [7, 11) is 0. The summed E-state index contributed by atoms with van der Waals surface area (Å²) in [6, 6.07) is 10.4. The van der Waals surface area contributed by atoms with Crippen molar-refractivity contribution in [2.75, 3.05) is 6.54 Å². The summed E-state index contributed by atoms with van der Waals surface area (Å²) in [6.07, 6.45) is -0.940. The van der Waals surface area contributed by atoms with E-state index in [0.717, 1.165) is 17.7 Å². The minimum absolute atomic E-state index is 0.128. The van der Waals surface area contributed by atoms with Crippen LogP contribution >= 0.6 is 0 Å². The standard InChI is InChI=1S/C16H15F2NO2/c1-10-5-2-3-6-11(10)14(20)9-19-16(21)15-12(17)7-4-8-13(15)18/h2-8,14,20H,9H2,1H3,(H,19,21). The average molecular weight is 291 g/mol. The van der Waals surface area contributed by atoms with Crippen molar-refractivity contribution in [1.82, 2.24) is 5.32 Å². The number of carbonyl (C=O) groups is 1. The molecule has 3 nitrogen and oxygen atoms in total. The predicted molar refractivity (Wildman–Crippen MR) is 74.8 cm³/mol. The highest BCUT2D eigenvalue weighted by Crippen LogP contribution is 2.17. The van der Waals surface area contributed by atoms with E-state index < -0.39 is 29.2 Å². The van der Waals surface area contributed by atoms with E-state index in [9.17, 15) is 18.7 Å². The third-order valence-electron chi connectivity index (χ3n) is 3.19. The maximum Gasteiger partial charge on any atom is 0.257 e. The molecule has 2 rings (SSSR count). The van der Waals surface area contributed by atoms with Crippen LogP contribution in [0.2, 0.25) is 0 Å². The summed E-state index contributed by atoms with van der Waals surface area (Å²) in [6.45, 7) is 1.70. The first-order valence-electron chi connectivity index (χ1n) is 6.46. The first-order valence-corrected chi connectivity index (χ1v) is 6.46. The van der Waals surface area contributed by atoms with Crippen LogP contribution in [0.15, 0.2) is 42.5 Å². The van der Waals surface area contributed by atoms with Gasteiger partial charge in [-0.2, -0.15) is 0 Å². The van der Waals surface area contributed by atoms with Crippen LogP contribution in [0.4, 0.5) is 8.78 Å². The molecule has 0 fully saturated rings. The highest BCUT2D eigenvalue weighted by Gasteiger charge is 2.18. The van der Waals surface area contributed by atoms with Crippen LogP contribution in [0.1, 0.15) is 27.6 Å². The van der Waals surface area contributed by atoms with Crippen molar-refractivity contribution in [1.29, 1.82) is 0 Å². The molecule has 5 heteroatoms. The van der Waals surface area contributed by atoms with Gasteiger partial charge in [0.2, 0.25) is 0 Å². The Hall–Kier alpha value is -2.27. The van der Waals surface area contributed by atoms with Gasteiger partial charge >= 0.3 is 0 Å². The molecule has 2 aromatic carbocycles. The Morgan fingerprint density at radius 1 is 1.14 bits per heavy atom. The molecule has 2 N–H and O–H groups in total. The molecule has 1 unspecified atom stereocenters. The molecule has 0 bridgehead atoms. The molecule has 1 atom stereocenters. The fourth-order valence-electron chi connectivity index (χ4n) is 2.06. The average Bonchev–Trinajstić information content (AvgIpc) is 2.45.